The summed E-state index contributed by atoms with van der Waals surface area (Å²) in [6.45, 7) is 11.2. The van der Waals surface area contributed by atoms with Gasteiger partial charge in [0.05, 0.1) is 0 Å². The average Bonchev–Trinajstić information content (AvgIpc) is 2.54. The monoisotopic (exact) mass is 217 g/mol. The van der Waals surface area contributed by atoms with E-state index >= 15 is 0 Å². The second-order valence-electron chi connectivity index (χ2n) is 5.12. The van der Waals surface area contributed by atoms with Crippen LogP contribution in [0.25, 0.3) is 0 Å². The van der Waals surface area contributed by atoms with Gasteiger partial charge < -0.3 is 5.32 Å². The summed E-state index contributed by atoms with van der Waals surface area (Å²) in [5.74, 6) is 0. The second-order valence-corrected chi connectivity index (χ2v) is 5.12. The minimum absolute atomic E-state index is 0.361. The van der Waals surface area contributed by atoms with Gasteiger partial charge in [0, 0.05) is 12.6 Å². The molecule has 16 heavy (non-hydrogen) atoms. The Morgan fingerprint density at radius 1 is 1.56 bits per heavy atom. The Kier molecular flexibility index (Phi) is 4.75. The van der Waals surface area contributed by atoms with Crippen LogP contribution in [0.5, 0.6) is 0 Å². The fraction of sp³-hybridized carbons (Fsp3) is 0.467. The first-order valence-electron chi connectivity index (χ1n) is 5.92. The molecule has 0 spiro atoms. The van der Waals surface area contributed by atoms with Crippen LogP contribution in [0, 0.1) is 5.41 Å². The van der Waals surface area contributed by atoms with Crippen molar-refractivity contribution in [2.24, 2.45) is 5.41 Å². The fourth-order valence-corrected chi connectivity index (χ4v) is 1.93. The van der Waals surface area contributed by atoms with Crippen LogP contribution in [-0.4, -0.2) is 12.6 Å². The first-order chi connectivity index (χ1) is 7.53. The third kappa shape index (κ3) is 4.63. The maximum Gasteiger partial charge on any atom is 0.0261 e. The molecule has 88 valence electrons. The second kappa shape index (κ2) is 5.86. The normalized spacial score (nSPS) is 24.2. The van der Waals surface area contributed by atoms with Crippen molar-refractivity contribution in [3.05, 3.63) is 48.6 Å². The third-order valence-corrected chi connectivity index (χ3v) is 2.79. The first-order valence-corrected chi connectivity index (χ1v) is 5.92. The zero-order valence-electron chi connectivity index (χ0n) is 10.7. The molecule has 0 radical (unpaired) electrons. The molecule has 0 amide bonds. The van der Waals surface area contributed by atoms with Crippen LogP contribution in [0.3, 0.4) is 0 Å². The van der Waals surface area contributed by atoms with Crippen LogP contribution in [0.4, 0.5) is 0 Å². The third-order valence-electron chi connectivity index (χ3n) is 2.79. The van der Waals surface area contributed by atoms with Crippen molar-refractivity contribution in [2.45, 2.75) is 33.2 Å². The molecule has 0 bridgehead atoms. The molecule has 1 atom stereocenters. The Hall–Kier alpha value is -1.08. The van der Waals surface area contributed by atoms with Gasteiger partial charge >= 0.3 is 0 Å². The molecule has 1 unspecified atom stereocenters. The summed E-state index contributed by atoms with van der Waals surface area (Å²) in [7, 11) is 0. The van der Waals surface area contributed by atoms with E-state index in [4.69, 9.17) is 0 Å². The minimum atomic E-state index is 0.361. The van der Waals surface area contributed by atoms with E-state index < -0.39 is 0 Å². The van der Waals surface area contributed by atoms with Gasteiger partial charge in [-0.3, -0.25) is 0 Å². The fourth-order valence-electron chi connectivity index (χ4n) is 1.93. The highest BCUT2D eigenvalue weighted by molar-refractivity contribution is 5.20. The molecule has 0 saturated carbocycles. The lowest BCUT2D eigenvalue weighted by atomic mass is 9.92. The summed E-state index contributed by atoms with van der Waals surface area (Å²) < 4.78 is 0. The van der Waals surface area contributed by atoms with Gasteiger partial charge in [-0.1, -0.05) is 62.5 Å². The van der Waals surface area contributed by atoms with Crippen molar-refractivity contribution in [3.63, 3.8) is 0 Å². The van der Waals surface area contributed by atoms with Crippen molar-refractivity contribution in [3.8, 4) is 0 Å². The Balaban J connectivity index is 2.25. The van der Waals surface area contributed by atoms with Crippen molar-refractivity contribution in [1.82, 2.24) is 5.32 Å². The van der Waals surface area contributed by atoms with Gasteiger partial charge in [-0.2, -0.15) is 0 Å². The number of hydrogen-bond donors (Lipinski definition) is 1. The van der Waals surface area contributed by atoms with Crippen LogP contribution < -0.4 is 5.32 Å². The Morgan fingerprint density at radius 3 is 2.88 bits per heavy atom. The molecule has 1 aliphatic rings. The maximum atomic E-state index is 3.67. The van der Waals surface area contributed by atoms with Crippen molar-refractivity contribution in [1.29, 1.82) is 0 Å². The predicted octanol–water partition coefficient (Wildman–Crippen LogP) is 3.62. The molecule has 0 saturated heterocycles. The molecule has 1 nitrogen and oxygen atoms in total. The lowest BCUT2D eigenvalue weighted by molar-refractivity contribution is 0.420. The summed E-state index contributed by atoms with van der Waals surface area (Å²) in [4.78, 5) is 0. The summed E-state index contributed by atoms with van der Waals surface area (Å²) in [6.07, 6.45) is 13.9. The lowest BCUT2D eigenvalue weighted by Gasteiger charge is -2.17. The van der Waals surface area contributed by atoms with Crippen molar-refractivity contribution >= 4 is 0 Å². The van der Waals surface area contributed by atoms with E-state index in [1.807, 2.05) is 12.2 Å². The molecule has 0 aliphatic heterocycles. The Bertz CT molecular complexity index is 318. The average molecular weight is 217 g/mol. The standard InChI is InChI=1S/C15H23N/c1-5-7-13(2)8-6-11-16-14-9-10-15(3,4)12-14/h5-10,14,16H,1,11-12H2,2-4H3/b8-6-,13-7-. The van der Waals surface area contributed by atoms with Gasteiger partial charge in [-0.25, -0.2) is 0 Å². The highest BCUT2D eigenvalue weighted by Crippen LogP contribution is 2.30. The van der Waals surface area contributed by atoms with E-state index in [2.05, 4.69) is 57.0 Å². The number of nitrogens with one attached hydrogen (secondary N) is 1. The molecule has 1 rings (SSSR count). The largest absolute Gasteiger partial charge is 0.307 e. The Morgan fingerprint density at radius 2 is 2.31 bits per heavy atom. The molecule has 0 aromatic carbocycles. The summed E-state index contributed by atoms with van der Waals surface area (Å²) in [5, 5.41) is 3.51. The molecular weight excluding hydrogens is 194 g/mol. The first kappa shape index (κ1) is 13.0. The van der Waals surface area contributed by atoms with Gasteiger partial charge in [-0.15, -0.1) is 0 Å². The van der Waals surface area contributed by atoms with Gasteiger partial charge in [0.2, 0.25) is 0 Å². The number of hydrogen-bond acceptors (Lipinski definition) is 1. The highest BCUT2D eigenvalue weighted by atomic mass is 14.9. The number of allylic oxidation sites excluding steroid dienone is 5. The summed E-state index contributed by atoms with van der Waals surface area (Å²) in [5.41, 5.74) is 1.60. The van der Waals surface area contributed by atoms with Crippen molar-refractivity contribution in [2.75, 3.05) is 6.54 Å². The number of rotatable bonds is 5. The topological polar surface area (TPSA) is 12.0 Å². The van der Waals surface area contributed by atoms with E-state index in [1.165, 1.54) is 12.0 Å². The molecule has 0 fully saturated rings. The van der Waals surface area contributed by atoms with Gasteiger partial charge in [0.25, 0.3) is 0 Å². The van der Waals surface area contributed by atoms with Gasteiger partial charge in [0.15, 0.2) is 0 Å². The van der Waals surface area contributed by atoms with Gasteiger partial charge in [-0.05, 0) is 18.8 Å². The van der Waals surface area contributed by atoms with Crippen LogP contribution in [0.2, 0.25) is 0 Å². The van der Waals surface area contributed by atoms with E-state index in [1.54, 1.807) is 0 Å². The van der Waals surface area contributed by atoms with Crippen LogP contribution >= 0.6 is 0 Å². The van der Waals surface area contributed by atoms with Crippen molar-refractivity contribution < 1.29 is 0 Å². The Labute approximate surface area is 99.6 Å². The van der Waals surface area contributed by atoms with Crippen LogP contribution in [0.1, 0.15) is 27.2 Å². The molecule has 0 aromatic heterocycles. The van der Waals surface area contributed by atoms with E-state index in [9.17, 15) is 0 Å². The van der Waals surface area contributed by atoms with E-state index in [-0.39, 0.29) is 0 Å². The summed E-state index contributed by atoms with van der Waals surface area (Å²) in [6, 6.07) is 0.531. The maximum absolute atomic E-state index is 3.67. The lowest BCUT2D eigenvalue weighted by Crippen LogP contribution is -2.27. The minimum Gasteiger partial charge on any atom is -0.307 e. The van der Waals surface area contributed by atoms with E-state index in [0.29, 0.717) is 11.5 Å². The molecule has 0 heterocycles. The van der Waals surface area contributed by atoms with Gasteiger partial charge in [0.1, 0.15) is 0 Å². The summed E-state index contributed by atoms with van der Waals surface area (Å²) >= 11 is 0. The van der Waals surface area contributed by atoms with Crippen LogP contribution in [-0.2, 0) is 0 Å². The molecule has 1 heteroatoms. The van der Waals surface area contributed by atoms with Crippen LogP contribution in [0.15, 0.2) is 48.6 Å². The molecule has 1 aliphatic carbocycles. The molecular formula is C15H23N. The molecule has 1 N–H and O–H groups in total. The highest BCUT2D eigenvalue weighted by Gasteiger charge is 2.24. The zero-order valence-corrected chi connectivity index (χ0v) is 10.7. The smallest absolute Gasteiger partial charge is 0.0261 e. The quantitative estimate of drug-likeness (QED) is 0.548. The molecule has 0 aromatic rings. The zero-order chi connectivity index (χ0) is 12.0. The van der Waals surface area contributed by atoms with E-state index in [0.717, 1.165) is 6.54 Å². The SMILES string of the molecule is C=C/C=C(C)\C=C/CNC1C=CC(C)(C)C1. The predicted molar refractivity (Wildman–Crippen MR) is 72.4 cm³/mol.